The van der Waals surface area contributed by atoms with Gasteiger partial charge in [0.15, 0.2) is 0 Å². The first-order chi connectivity index (χ1) is 11.4. The van der Waals surface area contributed by atoms with Crippen molar-refractivity contribution in [3.8, 4) is 0 Å². The average Bonchev–Trinajstić information content (AvgIpc) is 2.56. The van der Waals surface area contributed by atoms with E-state index >= 15 is 0 Å². The molecule has 1 atom stereocenters. The van der Waals surface area contributed by atoms with Crippen LogP contribution in [0.1, 0.15) is 45.2 Å². The molecule has 0 aromatic heterocycles. The third-order valence-electron chi connectivity index (χ3n) is 3.93. The van der Waals surface area contributed by atoms with Crippen LogP contribution in [0.15, 0.2) is 29.2 Å². The molecule has 0 bridgehead atoms. The highest BCUT2D eigenvalue weighted by Crippen LogP contribution is 2.19. The Morgan fingerprint density at radius 1 is 1.17 bits per heavy atom. The maximum Gasteiger partial charge on any atom is 0.243 e. The number of carbonyl (C=O) groups is 1. The monoisotopic (exact) mass is 355 g/mol. The SMILES string of the molecule is CCN(CC)S(=O)(=O)c1ccc(C(C)NC(=O)CCCNC)cc1. The van der Waals surface area contributed by atoms with Crippen LogP contribution >= 0.6 is 0 Å². The Bertz CT molecular complexity index is 610. The van der Waals surface area contributed by atoms with Crippen molar-refractivity contribution < 1.29 is 13.2 Å². The Morgan fingerprint density at radius 3 is 2.25 bits per heavy atom. The number of rotatable bonds is 10. The van der Waals surface area contributed by atoms with Gasteiger partial charge >= 0.3 is 0 Å². The van der Waals surface area contributed by atoms with Crippen LogP contribution in [0.3, 0.4) is 0 Å². The van der Waals surface area contributed by atoms with Gasteiger partial charge in [-0.3, -0.25) is 4.79 Å². The summed E-state index contributed by atoms with van der Waals surface area (Å²) in [6.45, 7) is 7.23. The van der Waals surface area contributed by atoms with Crippen molar-refractivity contribution in [2.75, 3.05) is 26.7 Å². The molecule has 0 radical (unpaired) electrons. The van der Waals surface area contributed by atoms with Gasteiger partial charge in [0.05, 0.1) is 10.9 Å². The van der Waals surface area contributed by atoms with Crippen molar-refractivity contribution in [3.05, 3.63) is 29.8 Å². The molecule has 2 N–H and O–H groups in total. The molecular formula is C17H29N3O3S. The Hall–Kier alpha value is -1.44. The Kier molecular flexibility index (Phi) is 8.38. The Labute approximate surface area is 145 Å². The summed E-state index contributed by atoms with van der Waals surface area (Å²) in [5.74, 6) is -0.00223. The fourth-order valence-electron chi connectivity index (χ4n) is 2.46. The van der Waals surface area contributed by atoms with Gasteiger partial charge in [0, 0.05) is 19.5 Å². The van der Waals surface area contributed by atoms with Gasteiger partial charge in [-0.15, -0.1) is 0 Å². The highest BCUT2D eigenvalue weighted by Gasteiger charge is 2.21. The minimum Gasteiger partial charge on any atom is -0.350 e. The van der Waals surface area contributed by atoms with E-state index in [0.717, 1.165) is 18.5 Å². The van der Waals surface area contributed by atoms with Crippen molar-refractivity contribution in [1.29, 1.82) is 0 Å². The summed E-state index contributed by atoms with van der Waals surface area (Å²) in [6.07, 6.45) is 1.26. The van der Waals surface area contributed by atoms with E-state index in [4.69, 9.17) is 0 Å². The first-order valence-corrected chi connectivity index (χ1v) is 9.84. The lowest BCUT2D eigenvalue weighted by Gasteiger charge is -2.19. The average molecular weight is 356 g/mol. The Balaban J connectivity index is 2.75. The normalized spacial score (nSPS) is 13.0. The van der Waals surface area contributed by atoms with E-state index in [2.05, 4.69) is 10.6 Å². The minimum absolute atomic E-state index is 0.00223. The molecule has 136 valence electrons. The van der Waals surface area contributed by atoms with E-state index in [9.17, 15) is 13.2 Å². The molecule has 1 unspecified atom stereocenters. The zero-order valence-corrected chi connectivity index (χ0v) is 15.8. The fourth-order valence-corrected chi connectivity index (χ4v) is 3.92. The fraction of sp³-hybridized carbons (Fsp3) is 0.588. The second kappa shape index (κ2) is 9.76. The van der Waals surface area contributed by atoms with Crippen LogP contribution in [-0.4, -0.2) is 45.3 Å². The van der Waals surface area contributed by atoms with Crippen LogP contribution in [-0.2, 0) is 14.8 Å². The molecule has 1 amide bonds. The number of carbonyl (C=O) groups excluding carboxylic acids is 1. The molecule has 0 aliphatic heterocycles. The minimum atomic E-state index is -3.44. The van der Waals surface area contributed by atoms with Gasteiger partial charge in [0.25, 0.3) is 0 Å². The highest BCUT2D eigenvalue weighted by atomic mass is 32.2. The predicted molar refractivity (Wildman–Crippen MR) is 96.3 cm³/mol. The zero-order chi connectivity index (χ0) is 18.2. The zero-order valence-electron chi connectivity index (χ0n) is 15.0. The lowest BCUT2D eigenvalue weighted by atomic mass is 10.1. The summed E-state index contributed by atoms with van der Waals surface area (Å²) in [5.41, 5.74) is 0.885. The maximum atomic E-state index is 12.5. The number of benzene rings is 1. The molecular weight excluding hydrogens is 326 g/mol. The third kappa shape index (κ3) is 5.58. The van der Waals surface area contributed by atoms with Crippen LogP contribution in [0.5, 0.6) is 0 Å². The van der Waals surface area contributed by atoms with E-state index in [0.29, 0.717) is 19.5 Å². The highest BCUT2D eigenvalue weighted by molar-refractivity contribution is 7.89. The number of nitrogens with one attached hydrogen (secondary N) is 2. The standard InChI is InChI=1S/C17H29N3O3S/c1-5-20(6-2)24(22,23)16-11-9-15(10-12-16)14(3)19-17(21)8-7-13-18-4/h9-12,14,18H,5-8,13H2,1-4H3,(H,19,21). The van der Waals surface area contributed by atoms with Crippen molar-refractivity contribution >= 4 is 15.9 Å². The molecule has 0 aliphatic rings. The number of hydrogen-bond donors (Lipinski definition) is 2. The maximum absolute atomic E-state index is 12.5. The lowest BCUT2D eigenvalue weighted by molar-refractivity contribution is -0.121. The molecule has 0 fully saturated rings. The third-order valence-corrected chi connectivity index (χ3v) is 6.00. The number of nitrogens with zero attached hydrogens (tertiary/aromatic N) is 1. The topological polar surface area (TPSA) is 78.5 Å². The van der Waals surface area contributed by atoms with Crippen molar-refractivity contribution in [2.45, 2.75) is 44.6 Å². The predicted octanol–water partition coefficient (Wildman–Crippen LogP) is 1.89. The summed E-state index contributed by atoms with van der Waals surface area (Å²) < 4.78 is 26.3. The van der Waals surface area contributed by atoms with Crippen LogP contribution in [0.2, 0.25) is 0 Å². The summed E-state index contributed by atoms with van der Waals surface area (Å²) in [4.78, 5) is 12.1. The molecule has 0 saturated carbocycles. The smallest absolute Gasteiger partial charge is 0.243 e. The number of sulfonamides is 1. The summed E-state index contributed by atoms with van der Waals surface area (Å²) >= 11 is 0. The van der Waals surface area contributed by atoms with Crippen molar-refractivity contribution in [2.24, 2.45) is 0 Å². The van der Waals surface area contributed by atoms with Crippen molar-refractivity contribution in [1.82, 2.24) is 14.9 Å². The van der Waals surface area contributed by atoms with Gasteiger partial charge in [-0.2, -0.15) is 4.31 Å². The second-order valence-corrected chi connectivity index (χ2v) is 7.59. The molecule has 6 nitrogen and oxygen atoms in total. The number of amides is 1. The van der Waals surface area contributed by atoms with Gasteiger partial charge < -0.3 is 10.6 Å². The first kappa shape index (κ1) is 20.6. The molecule has 1 aromatic carbocycles. The van der Waals surface area contributed by atoms with E-state index in [-0.39, 0.29) is 16.8 Å². The van der Waals surface area contributed by atoms with Gasteiger partial charge in [-0.25, -0.2) is 8.42 Å². The molecule has 0 saturated heterocycles. The van der Waals surface area contributed by atoms with Gasteiger partial charge in [-0.1, -0.05) is 26.0 Å². The van der Waals surface area contributed by atoms with E-state index < -0.39 is 10.0 Å². The van der Waals surface area contributed by atoms with Crippen LogP contribution in [0.25, 0.3) is 0 Å². The van der Waals surface area contributed by atoms with Crippen LogP contribution in [0, 0.1) is 0 Å². The largest absolute Gasteiger partial charge is 0.350 e. The molecule has 1 rings (SSSR count). The van der Waals surface area contributed by atoms with Gasteiger partial charge in [0.2, 0.25) is 15.9 Å². The molecule has 1 aromatic rings. The molecule has 0 spiro atoms. The molecule has 0 aliphatic carbocycles. The van der Waals surface area contributed by atoms with Gasteiger partial charge in [-0.05, 0) is 44.6 Å². The second-order valence-electron chi connectivity index (χ2n) is 5.65. The molecule has 0 heterocycles. The van der Waals surface area contributed by atoms with Gasteiger partial charge in [0.1, 0.15) is 0 Å². The summed E-state index contributed by atoms with van der Waals surface area (Å²) in [6, 6.07) is 6.57. The lowest BCUT2D eigenvalue weighted by Crippen LogP contribution is -2.30. The molecule has 7 heteroatoms. The van der Waals surface area contributed by atoms with Crippen molar-refractivity contribution in [3.63, 3.8) is 0 Å². The summed E-state index contributed by atoms with van der Waals surface area (Å²) in [5, 5.41) is 5.94. The summed E-state index contributed by atoms with van der Waals surface area (Å²) in [7, 11) is -1.59. The van der Waals surface area contributed by atoms with Crippen LogP contribution in [0.4, 0.5) is 0 Å². The Morgan fingerprint density at radius 2 is 1.75 bits per heavy atom. The van der Waals surface area contributed by atoms with E-state index in [1.54, 1.807) is 24.3 Å². The molecule has 24 heavy (non-hydrogen) atoms. The number of hydrogen-bond acceptors (Lipinski definition) is 4. The first-order valence-electron chi connectivity index (χ1n) is 8.40. The quantitative estimate of drug-likeness (QED) is 0.628. The van der Waals surface area contributed by atoms with Crippen LogP contribution < -0.4 is 10.6 Å². The van der Waals surface area contributed by atoms with E-state index in [1.165, 1.54) is 4.31 Å². The van der Waals surface area contributed by atoms with E-state index in [1.807, 2.05) is 27.8 Å².